The lowest BCUT2D eigenvalue weighted by Crippen LogP contribution is -2.55. The van der Waals surface area contributed by atoms with Crippen LogP contribution in [-0.4, -0.2) is 54.2 Å². The van der Waals surface area contributed by atoms with Gasteiger partial charge in [-0.25, -0.2) is 9.59 Å². The molecule has 0 saturated carbocycles. The molecule has 1 unspecified atom stereocenters. The summed E-state index contributed by atoms with van der Waals surface area (Å²) in [4.78, 5) is 31.2. The number of aromatic nitrogens is 1. The van der Waals surface area contributed by atoms with Crippen LogP contribution in [0, 0.1) is 11.8 Å². The van der Waals surface area contributed by atoms with Crippen LogP contribution in [0.1, 0.15) is 31.4 Å². The molecule has 33 heavy (non-hydrogen) atoms. The number of nitrogens with zero attached hydrogens (tertiary/aromatic N) is 2. The molecule has 0 spiro atoms. The minimum atomic E-state index is -0.532. The van der Waals surface area contributed by atoms with E-state index in [1.54, 1.807) is 13.1 Å². The van der Waals surface area contributed by atoms with E-state index in [2.05, 4.69) is 34.4 Å². The third-order valence-corrected chi connectivity index (χ3v) is 6.68. The maximum atomic E-state index is 12.8. The Morgan fingerprint density at radius 2 is 2.15 bits per heavy atom. The summed E-state index contributed by atoms with van der Waals surface area (Å²) < 4.78 is 11.1. The molecule has 174 valence electrons. The van der Waals surface area contributed by atoms with Crippen molar-refractivity contribution in [2.75, 3.05) is 26.2 Å². The highest BCUT2D eigenvalue weighted by Gasteiger charge is 2.44. The third kappa shape index (κ3) is 5.09. The zero-order chi connectivity index (χ0) is 23.4. The Hall–Kier alpha value is -3.19. The first-order chi connectivity index (χ1) is 16.0. The lowest BCUT2D eigenvalue weighted by molar-refractivity contribution is -0.138. The van der Waals surface area contributed by atoms with E-state index >= 15 is 0 Å². The Balaban J connectivity index is 1.53. The highest BCUT2D eigenvalue weighted by molar-refractivity contribution is 5.87. The molecule has 2 aromatic rings. The second kappa shape index (κ2) is 10.2. The summed E-state index contributed by atoms with van der Waals surface area (Å²) >= 11 is 0. The molecule has 1 N–H and O–H groups in total. The van der Waals surface area contributed by atoms with Gasteiger partial charge in [-0.2, -0.15) is 0 Å². The van der Waals surface area contributed by atoms with Crippen molar-refractivity contribution in [3.05, 3.63) is 66.9 Å². The van der Waals surface area contributed by atoms with E-state index in [0.717, 1.165) is 42.4 Å². The molecule has 0 aliphatic carbocycles. The SMILES string of the molecule is C=C[C@H]1CN2CC[C@H]1C[C@@H]2[C@@H](OC(=O)NCCOC(=O)C(=C)C)c1ccnc2ccccc12. The molecule has 4 heterocycles. The summed E-state index contributed by atoms with van der Waals surface area (Å²) in [6, 6.07) is 9.94. The van der Waals surface area contributed by atoms with Gasteiger partial charge in [0.25, 0.3) is 0 Å². The number of para-hydroxylation sites is 1. The van der Waals surface area contributed by atoms with Gasteiger partial charge in [-0.15, -0.1) is 6.58 Å². The quantitative estimate of drug-likeness (QED) is 0.284. The van der Waals surface area contributed by atoms with Crippen LogP contribution in [0.3, 0.4) is 0 Å². The number of hydrogen-bond acceptors (Lipinski definition) is 6. The third-order valence-electron chi connectivity index (χ3n) is 6.68. The Morgan fingerprint density at radius 3 is 2.88 bits per heavy atom. The minimum absolute atomic E-state index is 0.0578. The van der Waals surface area contributed by atoms with Crippen molar-refractivity contribution >= 4 is 23.0 Å². The smallest absolute Gasteiger partial charge is 0.407 e. The first-order valence-corrected chi connectivity index (χ1v) is 11.4. The number of carbonyl (C=O) groups excluding carboxylic acids is 2. The van der Waals surface area contributed by atoms with E-state index in [9.17, 15) is 9.59 Å². The zero-order valence-corrected chi connectivity index (χ0v) is 19.0. The molecular weight excluding hydrogens is 418 g/mol. The summed E-state index contributed by atoms with van der Waals surface area (Å²) in [5.74, 6) is 0.539. The van der Waals surface area contributed by atoms with Crippen LogP contribution in [0.25, 0.3) is 10.9 Å². The molecule has 3 aliphatic rings. The van der Waals surface area contributed by atoms with Gasteiger partial charge in [0, 0.05) is 29.3 Å². The topological polar surface area (TPSA) is 80.8 Å². The maximum absolute atomic E-state index is 12.8. The average molecular weight is 450 g/mol. The average Bonchev–Trinajstić information content (AvgIpc) is 2.84. The number of piperidine rings is 3. The Labute approximate surface area is 194 Å². The number of carbonyl (C=O) groups is 2. The van der Waals surface area contributed by atoms with Crippen molar-refractivity contribution in [1.82, 2.24) is 15.2 Å². The number of benzene rings is 1. The Morgan fingerprint density at radius 1 is 1.33 bits per heavy atom. The normalized spacial score (nSPS) is 24.6. The van der Waals surface area contributed by atoms with Gasteiger partial charge in [0.05, 0.1) is 18.1 Å². The number of rotatable bonds is 8. The molecule has 5 rings (SSSR count). The van der Waals surface area contributed by atoms with Crippen molar-refractivity contribution in [3.8, 4) is 0 Å². The molecule has 1 amide bonds. The van der Waals surface area contributed by atoms with Crippen LogP contribution in [0.2, 0.25) is 0 Å². The highest BCUT2D eigenvalue weighted by Crippen LogP contribution is 2.43. The number of hydrogen-bond donors (Lipinski definition) is 1. The summed E-state index contributed by atoms with van der Waals surface area (Å²) in [6.45, 7) is 11.3. The van der Waals surface area contributed by atoms with E-state index in [-0.39, 0.29) is 19.2 Å². The monoisotopic (exact) mass is 449 g/mol. The molecule has 5 atom stereocenters. The van der Waals surface area contributed by atoms with Crippen molar-refractivity contribution in [2.45, 2.75) is 31.9 Å². The van der Waals surface area contributed by atoms with Crippen molar-refractivity contribution in [2.24, 2.45) is 11.8 Å². The number of ether oxygens (including phenoxy) is 2. The van der Waals surface area contributed by atoms with E-state index < -0.39 is 18.2 Å². The van der Waals surface area contributed by atoms with Crippen molar-refractivity contribution in [1.29, 1.82) is 0 Å². The Kier molecular flexibility index (Phi) is 7.08. The number of alkyl carbamates (subject to hydrolysis) is 1. The minimum Gasteiger partial charge on any atom is -0.460 e. The van der Waals surface area contributed by atoms with Gasteiger partial charge in [-0.3, -0.25) is 9.88 Å². The summed E-state index contributed by atoms with van der Waals surface area (Å²) in [7, 11) is 0. The first kappa shape index (κ1) is 23.0. The summed E-state index contributed by atoms with van der Waals surface area (Å²) in [5.41, 5.74) is 2.15. The van der Waals surface area contributed by atoms with Gasteiger partial charge in [0.2, 0.25) is 0 Å². The molecule has 1 aromatic carbocycles. The van der Waals surface area contributed by atoms with Crippen LogP contribution >= 0.6 is 0 Å². The molecule has 2 bridgehead atoms. The number of esters is 1. The van der Waals surface area contributed by atoms with Crippen LogP contribution in [-0.2, 0) is 14.3 Å². The first-order valence-electron chi connectivity index (χ1n) is 11.4. The molecule has 1 aromatic heterocycles. The predicted octanol–water partition coefficient (Wildman–Crippen LogP) is 4.02. The van der Waals surface area contributed by atoms with Gasteiger partial charge in [0.15, 0.2) is 0 Å². The number of fused-ring (bicyclic) bond motifs is 4. The predicted molar refractivity (Wildman–Crippen MR) is 127 cm³/mol. The zero-order valence-electron chi connectivity index (χ0n) is 19.0. The molecule has 3 saturated heterocycles. The molecule has 3 aliphatic heterocycles. The lowest BCUT2D eigenvalue weighted by atomic mass is 9.73. The highest BCUT2D eigenvalue weighted by atomic mass is 16.6. The lowest BCUT2D eigenvalue weighted by Gasteiger charge is -2.51. The fourth-order valence-corrected chi connectivity index (χ4v) is 4.98. The molecular formula is C26H31N3O4. The second-order valence-electron chi connectivity index (χ2n) is 8.83. The number of nitrogens with one attached hydrogen (secondary N) is 1. The van der Waals surface area contributed by atoms with E-state index in [1.807, 2.05) is 30.3 Å². The van der Waals surface area contributed by atoms with Crippen molar-refractivity contribution in [3.63, 3.8) is 0 Å². The van der Waals surface area contributed by atoms with Crippen LogP contribution in [0.4, 0.5) is 4.79 Å². The van der Waals surface area contributed by atoms with Gasteiger partial charge in [-0.1, -0.05) is 30.9 Å². The van der Waals surface area contributed by atoms with Crippen LogP contribution < -0.4 is 5.32 Å². The van der Waals surface area contributed by atoms with Gasteiger partial charge < -0.3 is 14.8 Å². The largest absolute Gasteiger partial charge is 0.460 e. The molecule has 7 heteroatoms. The standard InChI is InChI=1S/C26H31N3O4/c1-4-18-16-29-13-10-19(18)15-23(29)24(21-9-11-27-22-8-6-5-7-20(21)22)33-26(31)28-12-14-32-25(30)17(2)3/h4-9,11,18-19,23-24H,1-2,10,12-16H2,3H3,(H,28,31)/t18-,19-,23+,24-/m0/s1. The summed E-state index contributed by atoms with van der Waals surface area (Å²) in [5, 5.41) is 3.69. The molecule has 0 radical (unpaired) electrons. The van der Waals surface area contributed by atoms with Crippen LogP contribution in [0.5, 0.6) is 0 Å². The molecule has 7 nitrogen and oxygen atoms in total. The molecule has 3 fully saturated rings. The van der Waals surface area contributed by atoms with E-state index in [0.29, 0.717) is 17.4 Å². The fourth-order valence-electron chi connectivity index (χ4n) is 4.98. The summed E-state index contributed by atoms with van der Waals surface area (Å²) in [6.07, 6.45) is 4.94. The van der Waals surface area contributed by atoms with Crippen molar-refractivity contribution < 1.29 is 19.1 Å². The van der Waals surface area contributed by atoms with Crippen LogP contribution in [0.15, 0.2) is 61.3 Å². The fraction of sp³-hybridized carbons (Fsp3) is 0.423. The van der Waals surface area contributed by atoms with E-state index in [4.69, 9.17) is 9.47 Å². The van der Waals surface area contributed by atoms with Gasteiger partial charge >= 0.3 is 12.1 Å². The van der Waals surface area contributed by atoms with E-state index in [1.165, 1.54) is 0 Å². The second-order valence-corrected chi connectivity index (χ2v) is 8.83. The number of pyridine rings is 1. The number of amides is 1. The Bertz CT molecular complexity index is 1050. The van der Waals surface area contributed by atoms with Gasteiger partial charge in [-0.05, 0) is 50.3 Å². The maximum Gasteiger partial charge on any atom is 0.407 e. The van der Waals surface area contributed by atoms with Gasteiger partial charge in [0.1, 0.15) is 12.7 Å².